The molecule has 104 valence electrons. The molecule has 0 radical (unpaired) electrons. The van der Waals surface area contributed by atoms with Crippen molar-refractivity contribution in [2.75, 3.05) is 25.4 Å². The molecule has 1 aromatic rings. The van der Waals surface area contributed by atoms with Crippen molar-refractivity contribution in [2.24, 2.45) is 5.92 Å². The Morgan fingerprint density at radius 2 is 2.32 bits per heavy atom. The fourth-order valence-electron chi connectivity index (χ4n) is 2.29. The van der Waals surface area contributed by atoms with Gasteiger partial charge in [-0.1, -0.05) is 18.2 Å². The van der Waals surface area contributed by atoms with Crippen LogP contribution in [0.2, 0.25) is 0 Å². The summed E-state index contributed by atoms with van der Waals surface area (Å²) in [6.45, 7) is 5.11. The van der Waals surface area contributed by atoms with E-state index in [4.69, 9.17) is 0 Å². The highest BCUT2D eigenvalue weighted by atomic mass is 32.2. The zero-order valence-electron chi connectivity index (χ0n) is 11.4. The zero-order valence-corrected chi connectivity index (χ0v) is 12.3. The molecule has 1 atom stereocenters. The number of rotatable bonds is 6. The van der Waals surface area contributed by atoms with Crippen molar-refractivity contribution >= 4 is 17.7 Å². The van der Waals surface area contributed by atoms with E-state index in [-0.39, 0.29) is 5.91 Å². The Hall–Kier alpha value is -1.00. The van der Waals surface area contributed by atoms with E-state index < -0.39 is 0 Å². The Bertz CT molecular complexity index is 416. The van der Waals surface area contributed by atoms with Crippen molar-refractivity contribution in [1.29, 1.82) is 0 Å². The van der Waals surface area contributed by atoms with Crippen LogP contribution in [0.25, 0.3) is 0 Å². The molecule has 1 amide bonds. The molecule has 1 fully saturated rings. The summed E-state index contributed by atoms with van der Waals surface area (Å²) in [4.78, 5) is 12.9. The van der Waals surface area contributed by atoms with Crippen LogP contribution in [-0.2, 0) is 4.79 Å². The first-order valence-electron chi connectivity index (χ1n) is 6.91. The molecule has 2 rings (SSSR count). The fourth-order valence-corrected chi connectivity index (χ4v) is 3.15. The largest absolute Gasteiger partial charge is 0.355 e. The van der Waals surface area contributed by atoms with E-state index in [0.29, 0.717) is 5.75 Å². The highest BCUT2D eigenvalue weighted by molar-refractivity contribution is 8.00. The van der Waals surface area contributed by atoms with E-state index in [1.807, 2.05) is 12.1 Å². The first-order valence-corrected chi connectivity index (χ1v) is 7.90. The second kappa shape index (κ2) is 7.56. The van der Waals surface area contributed by atoms with Crippen LogP contribution in [0.3, 0.4) is 0 Å². The first-order chi connectivity index (χ1) is 9.25. The highest BCUT2D eigenvalue weighted by Crippen LogP contribution is 2.21. The SMILES string of the molecule is Cc1ccccc1SCC(=O)NCCC1CCNC1. The monoisotopic (exact) mass is 278 g/mol. The zero-order chi connectivity index (χ0) is 13.5. The van der Waals surface area contributed by atoms with Gasteiger partial charge in [-0.25, -0.2) is 0 Å². The minimum atomic E-state index is 0.138. The summed E-state index contributed by atoms with van der Waals surface area (Å²) in [6.07, 6.45) is 2.33. The third-order valence-electron chi connectivity index (χ3n) is 3.49. The van der Waals surface area contributed by atoms with E-state index in [2.05, 4.69) is 29.7 Å². The average molecular weight is 278 g/mol. The summed E-state index contributed by atoms with van der Waals surface area (Å²) in [5, 5.41) is 6.36. The summed E-state index contributed by atoms with van der Waals surface area (Å²) in [6, 6.07) is 8.18. The summed E-state index contributed by atoms with van der Waals surface area (Å²) in [5.41, 5.74) is 1.23. The maximum Gasteiger partial charge on any atom is 0.230 e. The van der Waals surface area contributed by atoms with Crippen LogP contribution in [0, 0.1) is 12.8 Å². The van der Waals surface area contributed by atoms with E-state index in [1.165, 1.54) is 16.9 Å². The number of thioether (sulfide) groups is 1. The number of nitrogens with one attached hydrogen (secondary N) is 2. The van der Waals surface area contributed by atoms with E-state index in [0.717, 1.165) is 32.0 Å². The molecular weight excluding hydrogens is 256 g/mol. The minimum Gasteiger partial charge on any atom is -0.355 e. The lowest BCUT2D eigenvalue weighted by Crippen LogP contribution is -2.27. The fraction of sp³-hybridized carbons (Fsp3) is 0.533. The topological polar surface area (TPSA) is 41.1 Å². The second-order valence-corrected chi connectivity index (χ2v) is 6.07. The molecule has 19 heavy (non-hydrogen) atoms. The van der Waals surface area contributed by atoms with Gasteiger partial charge >= 0.3 is 0 Å². The molecule has 2 N–H and O–H groups in total. The summed E-state index contributed by atoms with van der Waals surface area (Å²) in [7, 11) is 0. The van der Waals surface area contributed by atoms with Crippen molar-refractivity contribution < 1.29 is 4.79 Å². The van der Waals surface area contributed by atoms with Gasteiger partial charge in [-0.15, -0.1) is 11.8 Å². The number of benzene rings is 1. The van der Waals surface area contributed by atoms with Crippen LogP contribution in [0.15, 0.2) is 29.2 Å². The van der Waals surface area contributed by atoms with E-state index in [1.54, 1.807) is 11.8 Å². The highest BCUT2D eigenvalue weighted by Gasteiger charge is 2.14. The van der Waals surface area contributed by atoms with Crippen LogP contribution in [0.1, 0.15) is 18.4 Å². The quantitative estimate of drug-likeness (QED) is 0.784. The van der Waals surface area contributed by atoms with Gasteiger partial charge in [-0.2, -0.15) is 0 Å². The van der Waals surface area contributed by atoms with E-state index in [9.17, 15) is 4.79 Å². The van der Waals surface area contributed by atoms with Gasteiger partial charge in [0.15, 0.2) is 0 Å². The van der Waals surface area contributed by atoms with Gasteiger partial charge in [0, 0.05) is 11.4 Å². The number of hydrogen-bond acceptors (Lipinski definition) is 3. The van der Waals surface area contributed by atoms with Crippen LogP contribution in [-0.4, -0.2) is 31.3 Å². The molecule has 4 heteroatoms. The Kier molecular flexibility index (Phi) is 5.73. The minimum absolute atomic E-state index is 0.138. The van der Waals surface area contributed by atoms with Crippen LogP contribution >= 0.6 is 11.8 Å². The number of carbonyl (C=O) groups is 1. The number of amides is 1. The summed E-state index contributed by atoms with van der Waals surface area (Å²) in [5.74, 6) is 1.39. The van der Waals surface area contributed by atoms with Gasteiger partial charge in [-0.3, -0.25) is 4.79 Å². The molecule has 0 spiro atoms. The molecule has 3 nitrogen and oxygen atoms in total. The predicted octanol–water partition coefficient (Wildman–Crippen LogP) is 2.20. The molecule has 1 aliphatic rings. The average Bonchev–Trinajstić information content (AvgIpc) is 2.91. The van der Waals surface area contributed by atoms with Crippen molar-refractivity contribution in [1.82, 2.24) is 10.6 Å². The number of hydrogen-bond donors (Lipinski definition) is 2. The predicted molar refractivity (Wildman–Crippen MR) is 80.5 cm³/mol. The molecule has 0 aliphatic carbocycles. The molecule has 1 unspecified atom stereocenters. The molecule has 0 saturated carbocycles. The van der Waals surface area contributed by atoms with Crippen LogP contribution < -0.4 is 10.6 Å². The molecule has 1 saturated heterocycles. The van der Waals surface area contributed by atoms with Gasteiger partial charge in [-0.05, 0) is 50.4 Å². The van der Waals surface area contributed by atoms with E-state index >= 15 is 0 Å². The molecule has 1 aliphatic heterocycles. The van der Waals surface area contributed by atoms with Crippen molar-refractivity contribution in [3.63, 3.8) is 0 Å². The van der Waals surface area contributed by atoms with Gasteiger partial charge in [0.25, 0.3) is 0 Å². The normalized spacial score (nSPS) is 18.5. The third kappa shape index (κ3) is 4.88. The lowest BCUT2D eigenvalue weighted by molar-refractivity contribution is -0.118. The number of aryl methyl sites for hydroxylation is 1. The molecule has 1 aromatic carbocycles. The van der Waals surface area contributed by atoms with Crippen molar-refractivity contribution in [3.8, 4) is 0 Å². The Labute approximate surface area is 119 Å². The maximum absolute atomic E-state index is 11.8. The van der Waals surface area contributed by atoms with Gasteiger partial charge < -0.3 is 10.6 Å². The molecule has 0 aromatic heterocycles. The third-order valence-corrected chi connectivity index (χ3v) is 4.67. The Balaban J connectivity index is 1.63. The lowest BCUT2D eigenvalue weighted by atomic mass is 10.1. The Morgan fingerprint density at radius 1 is 1.47 bits per heavy atom. The van der Waals surface area contributed by atoms with Crippen molar-refractivity contribution in [2.45, 2.75) is 24.7 Å². The van der Waals surface area contributed by atoms with Gasteiger partial charge in [0.2, 0.25) is 5.91 Å². The first kappa shape index (κ1) is 14.4. The number of carbonyl (C=O) groups excluding carboxylic acids is 1. The Morgan fingerprint density at radius 3 is 3.05 bits per heavy atom. The molecule has 0 bridgehead atoms. The standard InChI is InChI=1S/C15H22N2OS/c1-12-4-2-3-5-14(12)19-11-15(18)17-9-7-13-6-8-16-10-13/h2-5,13,16H,6-11H2,1H3,(H,17,18). The summed E-state index contributed by atoms with van der Waals surface area (Å²) < 4.78 is 0. The van der Waals surface area contributed by atoms with Crippen LogP contribution in [0.5, 0.6) is 0 Å². The molecular formula is C15H22N2OS. The van der Waals surface area contributed by atoms with Gasteiger partial charge in [0.1, 0.15) is 0 Å². The summed E-state index contributed by atoms with van der Waals surface area (Å²) >= 11 is 1.61. The van der Waals surface area contributed by atoms with Crippen LogP contribution in [0.4, 0.5) is 0 Å². The molecule has 1 heterocycles. The second-order valence-electron chi connectivity index (χ2n) is 5.05. The van der Waals surface area contributed by atoms with Crippen molar-refractivity contribution in [3.05, 3.63) is 29.8 Å². The maximum atomic E-state index is 11.8. The van der Waals surface area contributed by atoms with Gasteiger partial charge in [0.05, 0.1) is 5.75 Å². The lowest BCUT2D eigenvalue weighted by Gasteiger charge is -2.09. The smallest absolute Gasteiger partial charge is 0.230 e.